The van der Waals surface area contributed by atoms with Crippen molar-refractivity contribution >= 4 is 11.9 Å². The molecule has 0 spiro atoms. The minimum Gasteiger partial charge on any atom is -0.481 e. The zero-order chi connectivity index (χ0) is 13.3. The number of aliphatic carboxylic acids is 1. The Morgan fingerprint density at radius 2 is 2.11 bits per heavy atom. The average Bonchev–Trinajstić information content (AvgIpc) is 2.74. The van der Waals surface area contributed by atoms with Gasteiger partial charge in [-0.1, -0.05) is 0 Å². The van der Waals surface area contributed by atoms with Gasteiger partial charge in [-0.3, -0.25) is 9.59 Å². The van der Waals surface area contributed by atoms with Crippen LogP contribution in [0.1, 0.15) is 19.8 Å². The molecule has 2 aliphatic heterocycles. The zero-order valence-corrected chi connectivity index (χ0v) is 10.5. The summed E-state index contributed by atoms with van der Waals surface area (Å²) >= 11 is 0. The number of piperidine rings is 1. The number of carbonyl (C=O) groups is 2. The van der Waals surface area contributed by atoms with Crippen LogP contribution in [0.3, 0.4) is 0 Å². The molecule has 0 aromatic rings. The number of rotatable bonds is 2. The molecule has 0 bridgehead atoms. The Bertz CT molecular complexity index is 347. The fraction of sp³-hybridized carbons (Fsp3) is 0.833. The molecule has 2 rings (SSSR count). The van der Waals surface area contributed by atoms with Crippen molar-refractivity contribution < 1.29 is 19.4 Å². The number of hydrogen-bond acceptors (Lipinski definition) is 4. The standard InChI is InChI=1S/C12H20N2O4/c1-7-4-8(12(16)17)2-3-14(7)11(15)9-5-18-6-10(9)13/h7-10H,2-6,13H2,1H3,(H,16,17). The predicted molar refractivity (Wildman–Crippen MR) is 63.8 cm³/mol. The van der Waals surface area contributed by atoms with Gasteiger partial charge in [0.15, 0.2) is 0 Å². The number of carboxylic acid groups (broad SMARTS) is 1. The van der Waals surface area contributed by atoms with E-state index in [4.69, 9.17) is 15.6 Å². The van der Waals surface area contributed by atoms with Gasteiger partial charge in [0.1, 0.15) is 0 Å². The first kappa shape index (κ1) is 13.3. The molecule has 0 aromatic heterocycles. The van der Waals surface area contributed by atoms with Crippen LogP contribution in [0.15, 0.2) is 0 Å². The van der Waals surface area contributed by atoms with Gasteiger partial charge in [0.05, 0.1) is 25.0 Å². The summed E-state index contributed by atoms with van der Waals surface area (Å²) < 4.78 is 5.21. The van der Waals surface area contributed by atoms with Crippen molar-refractivity contribution in [1.29, 1.82) is 0 Å². The lowest BCUT2D eigenvalue weighted by Gasteiger charge is -2.38. The molecule has 3 N–H and O–H groups in total. The number of ether oxygens (including phenoxy) is 1. The van der Waals surface area contributed by atoms with Gasteiger partial charge in [0.25, 0.3) is 0 Å². The lowest BCUT2D eigenvalue weighted by molar-refractivity contribution is -0.149. The number of carboxylic acids is 1. The highest BCUT2D eigenvalue weighted by molar-refractivity contribution is 5.81. The minimum atomic E-state index is -0.769. The van der Waals surface area contributed by atoms with E-state index in [9.17, 15) is 9.59 Å². The quantitative estimate of drug-likeness (QED) is 0.706. The Labute approximate surface area is 106 Å². The van der Waals surface area contributed by atoms with Crippen LogP contribution in [0, 0.1) is 11.8 Å². The van der Waals surface area contributed by atoms with E-state index in [1.807, 2.05) is 6.92 Å². The van der Waals surface area contributed by atoms with E-state index in [-0.39, 0.29) is 29.8 Å². The van der Waals surface area contributed by atoms with Crippen molar-refractivity contribution in [2.75, 3.05) is 19.8 Å². The van der Waals surface area contributed by atoms with E-state index in [2.05, 4.69) is 0 Å². The second-order valence-corrected chi connectivity index (χ2v) is 5.25. The zero-order valence-electron chi connectivity index (χ0n) is 10.5. The lowest BCUT2D eigenvalue weighted by atomic mass is 9.90. The SMILES string of the molecule is CC1CC(C(=O)O)CCN1C(=O)C1COCC1N. The van der Waals surface area contributed by atoms with Crippen molar-refractivity contribution in [2.24, 2.45) is 17.6 Å². The summed E-state index contributed by atoms with van der Waals surface area (Å²) in [5, 5.41) is 8.99. The average molecular weight is 256 g/mol. The predicted octanol–water partition coefficient (Wildman–Crippen LogP) is -0.328. The normalized spacial score (nSPS) is 36.7. The Balaban J connectivity index is 1.98. The summed E-state index contributed by atoms with van der Waals surface area (Å²) in [5.74, 6) is -1.36. The van der Waals surface area contributed by atoms with Gasteiger partial charge >= 0.3 is 5.97 Å². The largest absolute Gasteiger partial charge is 0.481 e. The van der Waals surface area contributed by atoms with Crippen molar-refractivity contribution in [3.63, 3.8) is 0 Å². The van der Waals surface area contributed by atoms with Crippen molar-refractivity contribution in [3.8, 4) is 0 Å². The number of nitrogens with zero attached hydrogens (tertiary/aromatic N) is 1. The van der Waals surface area contributed by atoms with E-state index < -0.39 is 5.97 Å². The molecule has 1 amide bonds. The van der Waals surface area contributed by atoms with Crippen LogP contribution in [0.25, 0.3) is 0 Å². The van der Waals surface area contributed by atoms with Gasteiger partial charge in [-0.05, 0) is 19.8 Å². The van der Waals surface area contributed by atoms with Crippen molar-refractivity contribution in [1.82, 2.24) is 4.90 Å². The molecule has 0 aliphatic carbocycles. The van der Waals surface area contributed by atoms with Crippen LogP contribution in [-0.2, 0) is 14.3 Å². The van der Waals surface area contributed by atoms with Gasteiger partial charge in [0, 0.05) is 18.6 Å². The summed E-state index contributed by atoms with van der Waals surface area (Å²) in [6.45, 7) is 3.20. The van der Waals surface area contributed by atoms with E-state index in [0.717, 1.165) is 0 Å². The van der Waals surface area contributed by atoms with E-state index >= 15 is 0 Å². The number of amides is 1. The van der Waals surface area contributed by atoms with Crippen LogP contribution in [0.5, 0.6) is 0 Å². The molecule has 2 fully saturated rings. The second-order valence-electron chi connectivity index (χ2n) is 5.25. The van der Waals surface area contributed by atoms with Gasteiger partial charge in [-0.2, -0.15) is 0 Å². The molecular formula is C12H20N2O4. The van der Waals surface area contributed by atoms with E-state index in [1.165, 1.54) is 0 Å². The number of carbonyl (C=O) groups excluding carboxylic acids is 1. The van der Waals surface area contributed by atoms with Crippen LogP contribution >= 0.6 is 0 Å². The lowest BCUT2D eigenvalue weighted by Crippen LogP contribution is -2.51. The Hall–Kier alpha value is -1.14. The summed E-state index contributed by atoms with van der Waals surface area (Å²) in [6.07, 6.45) is 1.04. The van der Waals surface area contributed by atoms with Crippen LogP contribution in [0.4, 0.5) is 0 Å². The second kappa shape index (κ2) is 5.24. The molecule has 6 heteroatoms. The Morgan fingerprint density at radius 3 is 2.61 bits per heavy atom. The molecule has 4 atom stereocenters. The third-order valence-corrected chi connectivity index (χ3v) is 3.95. The van der Waals surface area contributed by atoms with Crippen LogP contribution in [0.2, 0.25) is 0 Å². The summed E-state index contributed by atoms with van der Waals surface area (Å²) in [7, 11) is 0. The maximum absolute atomic E-state index is 12.3. The minimum absolute atomic E-state index is 0.0105. The highest BCUT2D eigenvalue weighted by atomic mass is 16.5. The molecule has 6 nitrogen and oxygen atoms in total. The molecule has 2 saturated heterocycles. The smallest absolute Gasteiger partial charge is 0.306 e. The maximum atomic E-state index is 12.3. The molecule has 4 unspecified atom stereocenters. The van der Waals surface area contributed by atoms with Crippen LogP contribution < -0.4 is 5.73 Å². The maximum Gasteiger partial charge on any atom is 0.306 e. The molecule has 102 valence electrons. The van der Waals surface area contributed by atoms with Gasteiger partial charge in [-0.25, -0.2) is 0 Å². The van der Waals surface area contributed by atoms with Gasteiger partial charge in [-0.15, -0.1) is 0 Å². The highest BCUT2D eigenvalue weighted by Crippen LogP contribution is 2.26. The third-order valence-electron chi connectivity index (χ3n) is 3.95. The fourth-order valence-electron chi connectivity index (χ4n) is 2.76. The highest BCUT2D eigenvalue weighted by Gasteiger charge is 2.39. The third kappa shape index (κ3) is 2.49. The topological polar surface area (TPSA) is 92.9 Å². The number of nitrogens with two attached hydrogens (primary N) is 1. The summed E-state index contributed by atoms with van der Waals surface area (Å²) in [5.41, 5.74) is 5.84. The molecule has 2 heterocycles. The molecule has 2 aliphatic rings. The number of hydrogen-bond donors (Lipinski definition) is 2. The summed E-state index contributed by atoms with van der Waals surface area (Å²) in [6, 6.07) is -0.276. The molecule has 0 saturated carbocycles. The Kier molecular flexibility index (Phi) is 3.87. The van der Waals surface area contributed by atoms with Gasteiger partial charge in [0.2, 0.25) is 5.91 Å². The first-order chi connectivity index (χ1) is 8.50. The number of likely N-dealkylation sites (tertiary alicyclic amines) is 1. The first-order valence-corrected chi connectivity index (χ1v) is 6.37. The molecular weight excluding hydrogens is 236 g/mol. The molecule has 0 radical (unpaired) electrons. The van der Waals surface area contributed by atoms with Gasteiger partial charge < -0.3 is 20.5 Å². The first-order valence-electron chi connectivity index (χ1n) is 6.37. The summed E-state index contributed by atoms with van der Waals surface area (Å²) in [4.78, 5) is 25.0. The Morgan fingerprint density at radius 1 is 1.39 bits per heavy atom. The fourth-order valence-corrected chi connectivity index (χ4v) is 2.76. The van der Waals surface area contributed by atoms with Crippen molar-refractivity contribution in [3.05, 3.63) is 0 Å². The monoisotopic (exact) mass is 256 g/mol. The molecule has 0 aromatic carbocycles. The van der Waals surface area contributed by atoms with E-state index in [1.54, 1.807) is 4.90 Å². The van der Waals surface area contributed by atoms with Crippen molar-refractivity contribution in [2.45, 2.75) is 31.8 Å². The van der Waals surface area contributed by atoms with Crippen LogP contribution in [-0.4, -0.2) is 53.7 Å². The molecule has 18 heavy (non-hydrogen) atoms. The van der Waals surface area contributed by atoms with E-state index in [0.29, 0.717) is 32.6 Å².